The molecule has 1 aromatic carbocycles. The molecule has 0 aliphatic carbocycles. The number of nitrogens with zero attached hydrogens (tertiary/aromatic N) is 1. The second-order valence-corrected chi connectivity index (χ2v) is 6.08. The maximum atomic E-state index is 12.0. The van der Waals surface area contributed by atoms with E-state index in [9.17, 15) is 14.1 Å². The number of thiazole rings is 1. The van der Waals surface area contributed by atoms with Gasteiger partial charge in [-0.25, -0.2) is 4.98 Å². The van der Waals surface area contributed by atoms with Gasteiger partial charge >= 0.3 is 0 Å². The van der Waals surface area contributed by atoms with Crippen LogP contribution in [0.5, 0.6) is 5.75 Å². The lowest BCUT2D eigenvalue weighted by Crippen LogP contribution is -2.13. The Morgan fingerprint density at radius 3 is 2.79 bits per heavy atom. The van der Waals surface area contributed by atoms with Crippen molar-refractivity contribution < 1.29 is 14.1 Å². The number of carbonyl (C=O) groups is 1. The van der Waals surface area contributed by atoms with Crippen molar-refractivity contribution >= 4 is 33.2 Å². The van der Waals surface area contributed by atoms with Crippen LogP contribution < -0.4 is 5.32 Å². The fourth-order valence-electron chi connectivity index (χ4n) is 1.52. The van der Waals surface area contributed by atoms with Gasteiger partial charge in [0.25, 0.3) is 5.91 Å². The lowest BCUT2D eigenvalue weighted by molar-refractivity contribution is 0.102. The summed E-state index contributed by atoms with van der Waals surface area (Å²) in [4.78, 5) is 16.1. The van der Waals surface area contributed by atoms with Gasteiger partial charge in [-0.2, -0.15) is 0 Å². The highest BCUT2D eigenvalue weighted by atomic mass is 32.2. The predicted molar refractivity (Wildman–Crippen MR) is 75.2 cm³/mol. The van der Waals surface area contributed by atoms with E-state index in [1.165, 1.54) is 29.7 Å². The quantitative estimate of drug-likeness (QED) is 0.909. The molecule has 7 heteroatoms. The molecule has 0 spiro atoms. The Hall–Kier alpha value is -1.73. The number of hydrogen-bond acceptors (Lipinski definition) is 5. The number of aromatic hydroxyl groups is 1. The van der Waals surface area contributed by atoms with E-state index in [4.69, 9.17) is 0 Å². The molecule has 2 rings (SSSR count). The minimum absolute atomic E-state index is 0.118. The van der Waals surface area contributed by atoms with Crippen LogP contribution in [-0.2, 0) is 10.8 Å². The molecular formula is C12H12N2O3S2. The van der Waals surface area contributed by atoms with E-state index in [1.807, 2.05) is 0 Å². The molecular weight excluding hydrogens is 284 g/mol. The van der Waals surface area contributed by atoms with Crippen molar-refractivity contribution in [1.82, 2.24) is 4.98 Å². The molecule has 1 unspecified atom stereocenters. The summed E-state index contributed by atoms with van der Waals surface area (Å²) in [7, 11) is -1.16. The van der Waals surface area contributed by atoms with Crippen molar-refractivity contribution in [3.63, 3.8) is 0 Å². The number of phenolic OH excluding ortho intramolecular Hbond substituents is 1. The number of amides is 1. The van der Waals surface area contributed by atoms with Gasteiger partial charge in [-0.05, 0) is 30.7 Å². The van der Waals surface area contributed by atoms with E-state index < -0.39 is 10.8 Å². The summed E-state index contributed by atoms with van der Waals surface area (Å²) < 4.78 is 11.2. The molecule has 19 heavy (non-hydrogen) atoms. The van der Waals surface area contributed by atoms with Crippen LogP contribution in [0.1, 0.15) is 15.9 Å². The van der Waals surface area contributed by atoms with Crippen LogP contribution in [0.4, 0.5) is 5.13 Å². The van der Waals surface area contributed by atoms with Gasteiger partial charge in [0.1, 0.15) is 10.8 Å². The molecule has 1 amide bonds. The van der Waals surface area contributed by atoms with Crippen molar-refractivity contribution in [3.8, 4) is 5.75 Å². The van der Waals surface area contributed by atoms with Crippen LogP contribution in [0, 0.1) is 6.92 Å². The molecule has 2 N–H and O–H groups in total. The molecule has 0 aliphatic rings. The van der Waals surface area contributed by atoms with E-state index in [1.54, 1.807) is 18.4 Å². The molecule has 1 aromatic heterocycles. The van der Waals surface area contributed by atoms with E-state index in [0.29, 0.717) is 21.3 Å². The number of hydrogen-bond donors (Lipinski definition) is 2. The SMILES string of the molecule is Cc1cc(O)ccc1C(=O)Nc1nc(S(C)=O)cs1. The van der Waals surface area contributed by atoms with Crippen LogP contribution in [-0.4, -0.2) is 26.5 Å². The number of benzene rings is 1. The van der Waals surface area contributed by atoms with E-state index in [2.05, 4.69) is 10.3 Å². The van der Waals surface area contributed by atoms with E-state index in [-0.39, 0.29) is 11.7 Å². The van der Waals surface area contributed by atoms with E-state index in [0.717, 1.165) is 0 Å². The molecule has 1 heterocycles. The molecule has 100 valence electrons. The van der Waals surface area contributed by atoms with Gasteiger partial charge in [0, 0.05) is 17.2 Å². The molecule has 0 bridgehead atoms. The zero-order valence-electron chi connectivity index (χ0n) is 10.3. The number of anilines is 1. The normalized spacial score (nSPS) is 12.1. The number of phenols is 1. The summed E-state index contributed by atoms with van der Waals surface area (Å²) >= 11 is 1.22. The third-order valence-electron chi connectivity index (χ3n) is 2.45. The zero-order chi connectivity index (χ0) is 14.0. The van der Waals surface area contributed by atoms with Crippen molar-refractivity contribution in [3.05, 3.63) is 34.7 Å². The van der Waals surface area contributed by atoms with Crippen LogP contribution in [0.3, 0.4) is 0 Å². The van der Waals surface area contributed by atoms with Crippen molar-refractivity contribution in [2.45, 2.75) is 11.9 Å². The number of aryl methyl sites for hydroxylation is 1. The molecule has 5 nitrogen and oxygen atoms in total. The smallest absolute Gasteiger partial charge is 0.257 e. The predicted octanol–water partition coefficient (Wildman–Crippen LogP) is 2.15. The van der Waals surface area contributed by atoms with Gasteiger partial charge < -0.3 is 5.11 Å². The van der Waals surface area contributed by atoms with Gasteiger partial charge in [-0.3, -0.25) is 14.3 Å². The maximum absolute atomic E-state index is 12.0. The van der Waals surface area contributed by atoms with Crippen molar-refractivity contribution in [2.24, 2.45) is 0 Å². The summed E-state index contributed by atoms with van der Waals surface area (Å²) in [5.74, 6) is -0.188. The van der Waals surface area contributed by atoms with Gasteiger partial charge in [-0.15, -0.1) is 11.3 Å². The maximum Gasteiger partial charge on any atom is 0.257 e. The fourth-order valence-corrected chi connectivity index (χ4v) is 3.05. The van der Waals surface area contributed by atoms with Crippen molar-refractivity contribution in [2.75, 3.05) is 11.6 Å². The Kier molecular flexibility index (Phi) is 3.96. The lowest BCUT2D eigenvalue weighted by atomic mass is 10.1. The fraction of sp³-hybridized carbons (Fsp3) is 0.167. The third-order valence-corrected chi connectivity index (χ3v) is 4.16. The number of rotatable bonds is 3. The Morgan fingerprint density at radius 2 is 2.21 bits per heavy atom. The molecule has 1 atom stereocenters. The summed E-state index contributed by atoms with van der Waals surface area (Å²) in [5.41, 5.74) is 1.14. The van der Waals surface area contributed by atoms with Crippen molar-refractivity contribution in [1.29, 1.82) is 0 Å². The van der Waals surface area contributed by atoms with Gasteiger partial charge in [0.2, 0.25) is 0 Å². The second-order valence-electron chi connectivity index (χ2n) is 3.90. The second kappa shape index (κ2) is 5.50. The van der Waals surface area contributed by atoms with Crippen LogP contribution in [0.15, 0.2) is 28.6 Å². The molecule has 2 aromatic rings. The zero-order valence-corrected chi connectivity index (χ0v) is 12.0. The Labute approximate surface area is 116 Å². The average Bonchev–Trinajstić information content (AvgIpc) is 2.77. The first-order valence-corrected chi connectivity index (χ1v) is 7.81. The largest absolute Gasteiger partial charge is 0.508 e. The lowest BCUT2D eigenvalue weighted by Gasteiger charge is -2.05. The summed E-state index contributed by atoms with van der Waals surface area (Å²) in [6.45, 7) is 1.74. The van der Waals surface area contributed by atoms with E-state index >= 15 is 0 Å². The summed E-state index contributed by atoms with van der Waals surface area (Å²) in [6.07, 6.45) is 1.53. The molecule has 0 aliphatic heterocycles. The van der Waals surface area contributed by atoms with Gasteiger partial charge in [0.05, 0.1) is 10.8 Å². The van der Waals surface area contributed by atoms with Gasteiger partial charge in [0.15, 0.2) is 5.13 Å². The standard InChI is InChI=1S/C12H12N2O3S2/c1-7-5-8(15)3-4-9(7)11(16)14-12-13-10(6-18-12)19(2)17/h3-6,15H,1-2H3,(H,13,14,16). The van der Waals surface area contributed by atoms with Crippen LogP contribution in [0.25, 0.3) is 0 Å². The summed E-state index contributed by atoms with van der Waals surface area (Å²) in [6, 6.07) is 4.52. The Morgan fingerprint density at radius 1 is 1.47 bits per heavy atom. The first-order chi connectivity index (χ1) is 8.97. The molecule has 0 radical (unpaired) electrons. The Bertz CT molecular complexity index is 652. The molecule has 0 saturated heterocycles. The van der Waals surface area contributed by atoms with Crippen LogP contribution >= 0.6 is 11.3 Å². The highest BCUT2D eigenvalue weighted by molar-refractivity contribution is 7.84. The highest BCUT2D eigenvalue weighted by Gasteiger charge is 2.12. The van der Waals surface area contributed by atoms with Crippen LogP contribution in [0.2, 0.25) is 0 Å². The monoisotopic (exact) mass is 296 g/mol. The first kappa shape index (κ1) is 13.7. The average molecular weight is 296 g/mol. The van der Waals surface area contributed by atoms with Gasteiger partial charge in [-0.1, -0.05) is 0 Å². The number of aromatic nitrogens is 1. The highest BCUT2D eigenvalue weighted by Crippen LogP contribution is 2.20. The third kappa shape index (κ3) is 3.18. The molecule has 0 fully saturated rings. The summed E-state index contributed by atoms with van der Waals surface area (Å²) in [5, 5.41) is 14.4. The Balaban J connectivity index is 2.18. The molecule has 0 saturated carbocycles. The minimum Gasteiger partial charge on any atom is -0.508 e. The number of nitrogens with one attached hydrogen (secondary N) is 1. The topological polar surface area (TPSA) is 79.3 Å². The number of carbonyl (C=O) groups excluding carboxylic acids is 1. The minimum atomic E-state index is -1.16. The first-order valence-electron chi connectivity index (χ1n) is 5.37.